The van der Waals surface area contributed by atoms with Crippen molar-refractivity contribution in [3.8, 4) is 5.75 Å². The number of carbonyl (C=O) groups excluding carboxylic acids is 2. The Morgan fingerprint density at radius 3 is 2.28 bits per heavy atom. The number of halogens is 3. The van der Waals surface area contributed by atoms with Crippen molar-refractivity contribution < 1.29 is 32.2 Å². The highest BCUT2D eigenvalue weighted by Gasteiger charge is 2.40. The molecule has 1 amide bonds. The lowest BCUT2D eigenvalue weighted by atomic mass is 9.93. The number of amides is 1. The third kappa shape index (κ3) is 6.48. The first-order valence-electron chi connectivity index (χ1n) is 7.44. The van der Waals surface area contributed by atoms with Crippen molar-refractivity contribution in [1.29, 1.82) is 0 Å². The molecule has 138 valence electrons. The number of carbonyl (C=O) groups is 2. The Morgan fingerprint density at radius 2 is 1.80 bits per heavy atom. The first-order valence-corrected chi connectivity index (χ1v) is 7.44. The van der Waals surface area contributed by atoms with Gasteiger partial charge in [0.2, 0.25) is 0 Å². The predicted octanol–water partition coefficient (Wildman–Crippen LogP) is 3.17. The van der Waals surface area contributed by atoms with Gasteiger partial charge in [0.25, 0.3) is 0 Å². The number of hydrogen-bond donors (Lipinski definition) is 1. The monoisotopic (exact) mass is 359 g/mol. The van der Waals surface area contributed by atoms with E-state index in [1.165, 1.54) is 20.3 Å². The summed E-state index contributed by atoms with van der Waals surface area (Å²) < 4.78 is 47.3. The molecule has 1 rings (SSSR count). The maximum Gasteiger partial charge on any atom is 0.471 e. The van der Waals surface area contributed by atoms with Crippen LogP contribution in [0, 0.1) is 5.92 Å². The Kier molecular flexibility index (Phi) is 7.47. The fraction of sp³-hybridized carbons (Fsp3) is 0.412. The molecule has 2 atom stereocenters. The van der Waals surface area contributed by atoms with E-state index in [0.717, 1.165) is 0 Å². The van der Waals surface area contributed by atoms with Gasteiger partial charge < -0.3 is 14.8 Å². The fourth-order valence-corrected chi connectivity index (χ4v) is 2.13. The highest BCUT2D eigenvalue weighted by Crippen LogP contribution is 2.27. The van der Waals surface area contributed by atoms with E-state index in [1.54, 1.807) is 37.3 Å². The average molecular weight is 359 g/mol. The number of nitrogens with one attached hydrogen (secondary N) is 1. The molecule has 0 radical (unpaired) electrons. The molecule has 25 heavy (non-hydrogen) atoms. The summed E-state index contributed by atoms with van der Waals surface area (Å²) in [5.74, 6) is -2.45. The lowest BCUT2D eigenvalue weighted by Gasteiger charge is -2.24. The summed E-state index contributed by atoms with van der Waals surface area (Å²) >= 11 is 0. The molecule has 5 nitrogen and oxygen atoms in total. The summed E-state index contributed by atoms with van der Waals surface area (Å²) in [6, 6.07) is 5.41. The number of hydrogen-bond acceptors (Lipinski definition) is 4. The molecule has 0 saturated carbocycles. The molecule has 0 aromatic heterocycles. The molecule has 0 spiro atoms. The number of methoxy groups -OCH3 is 2. The summed E-state index contributed by atoms with van der Waals surface area (Å²) in [6.07, 6.45) is -1.95. The van der Waals surface area contributed by atoms with Crippen molar-refractivity contribution in [1.82, 2.24) is 5.32 Å². The molecule has 8 heteroatoms. The minimum Gasteiger partial charge on any atom is -0.497 e. The molecule has 0 aliphatic carbocycles. The average Bonchev–Trinajstić information content (AvgIpc) is 2.58. The second kappa shape index (κ2) is 9.10. The van der Waals surface area contributed by atoms with Crippen LogP contribution in [0.2, 0.25) is 0 Å². The first kappa shape index (κ1) is 20.5. The number of alkyl halides is 3. The van der Waals surface area contributed by atoms with Gasteiger partial charge in [0.1, 0.15) is 5.75 Å². The van der Waals surface area contributed by atoms with E-state index in [9.17, 15) is 22.8 Å². The smallest absolute Gasteiger partial charge is 0.471 e. The summed E-state index contributed by atoms with van der Waals surface area (Å²) in [5.41, 5.74) is 0.480. The molecule has 0 aliphatic rings. The Morgan fingerprint density at radius 1 is 1.20 bits per heavy atom. The number of esters is 1. The van der Waals surface area contributed by atoms with Gasteiger partial charge in [0.05, 0.1) is 26.7 Å². The topological polar surface area (TPSA) is 64.6 Å². The fourth-order valence-electron chi connectivity index (χ4n) is 2.13. The first-order chi connectivity index (χ1) is 11.7. The van der Waals surface area contributed by atoms with Gasteiger partial charge in [-0.1, -0.05) is 31.2 Å². The minimum absolute atomic E-state index is 0.0105. The molecule has 0 aliphatic heterocycles. The zero-order valence-corrected chi connectivity index (χ0v) is 14.1. The van der Waals surface area contributed by atoms with Gasteiger partial charge in [0, 0.05) is 0 Å². The van der Waals surface area contributed by atoms with Crippen LogP contribution in [-0.2, 0) is 14.3 Å². The second-order valence-electron chi connectivity index (χ2n) is 5.29. The number of ether oxygens (including phenoxy) is 2. The van der Waals surface area contributed by atoms with Gasteiger partial charge in [-0.2, -0.15) is 13.2 Å². The van der Waals surface area contributed by atoms with Crippen molar-refractivity contribution in [2.24, 2.45) is 5.92 Å². The van der Waals surface area contributed by atoms with Gasteiger partial charge in [-0.05, 0) is 23.6 Å². The Bertz CT molecular complexity index is 611. The number of rotatable bonds is 7. The largest absolute Gasteiger partial charge is 0.497 e. The minimum atomic E-state index is -4.99. The van der Waals surface area contributed by atoms with Gasteiger partial charge in [-0.25, -0.2) is 0 Å². The zero-order chi connectivity index (χ0) is 19.0. The van der Waals surface area contributed by atoms with Crippen LogP contribution < -0.4 is 10.1 Å². The van der Waals surface area contributed by atoms with Gasteiger partial charge in [0.15, 0.2) is 0 Å². The SMILES string of the molecule is COC(=O)C/C=C/[C@H](C)[C@@H](NC(=O)C(F)(F)F)c1ccc(OC)cc1. The number of benzene rings is 1. The maximum atomic E-state index is 12.6. The van der Waals surface area contributed by atoms with E-state index in [-0.39, 0.29) is 6.42 Å². The standard InChI is InChI=1S/C17H20F3NO4/c1-11(5-4-6-14(22)25-3)15(21-16(23)17(18,19)20)12-7-9-13(24-2)10-8-12/h4-5,7-11,15H,6H2,1-3H3,(H,21,23)/b5-4+/t11-,15+/m0/s1. The summed E-state index contributed by atoms with van der Waals surface area (Å²) in [5, 5.41) is 1.99. The Hall–Kier alpha value is -2.51. The molecule has 0 heterocycles. The van der Waals surface area contributed by atoms with Crippen LogP contribution in [0.25, 0.3) is 0 Å². The van der Waals surface area contributed by atoms with Crippen LogP contribution in [0.15, 0.2) is 36.4 Å². The van der Waals surface area contributed by atoms with Crippen LogP contribution in [-0.4, -0.2) is 32.3 Å². The Balaban J connectivity index is 3.00. The van der Waals surface area contributed by atoms with Crippen LogP contribution in [0.3, 0.4) is 0 Å². The lowest BCUT2D eigenvalue weighted by Crippen LogP contribution is -2.41. The van der Waals surface area contributed by atoms with Crippen LogP contribution in [0.5, 0.6) is 5.75 Å². The summed E-state index contributed by atoms with van der Waals surface area (Å²) in [6.45, 7) is 1.64. The van der Waals surface area contributed by atoms with Crippen LogP contribution >= 0.6 is 0 Å². The Labute approximate surface area is 143 Å². The van der Waals surface area contributed by atoms with Crippen molar-refractivity contribution in [3.63, 3.8) is 0 Å². The van der Waals surface area contributed by atoms with Crippen molar-refractivity contribution >= 4 is 11.9 Å². The van der Waals surface area contributed by atoms with Crippen molar-refractivity contribution in [2.75, 3.05) is 14.2 Å². The van der Waals surface area contributed by atoms with E-state index in [0.29, 0.717) is 11.3 Å². The summed E-state index contributed by atoms with van der Waals surface area (Å²) in [7, 11) is 2.71. The molecular formula is C17H20F3NO4. The van der Waals surface area contributed by atoms with E-state index in [1.807, 2.05) is 5.32 Å². The lowest BCUT2D eigenvalue weighted by molar-refractivity contribution is -0.174. The molecule has 1 N–H and O–H groups in total. The van der Waals surface area contributed by atoms with E-state index in [4.69, 9.17) is 4.74 Å². The molecular weight excluding hydrogens is 339 g/mol. The van der Waals surface area contributed by atoms with Crippen molar-refractivity contribution in [3.05, 3.63) is 42.0 Å². The summed E-state index contributed by atoms with van der Waals surface area (Å²) in [4.78, 5) is 22.5. The third-order valence-electron chi connectivity index (χ3n) is 3.50. The quantitative estimate of drug-likeness (QED) is 0.600. The molecule has 1 aromatic rings. The van der Waals surface area contributed by atoms with Crippen LogP contribution in [0.4, 0.5) is 13.2 Å². The van der Waals surface area contributed by atoms with Crippen LogP contribution in [0.1, 0.15) is 24.9 Å². The predicted molar refractivity (Wildman–Crippen MR) is 84.9 cm³/mol. The highest BCUT2D eigenvalue weighted by atomic mass is 19.4. The molecule has 0 bridgehead atoms. The normalized spacial score (nSPS) is 14.0. The van der Waals surface area contributed by atoms with Gasteiger partial charge in [-0.15, -0.1) is 0 Å². The maximum absolute atomic E-state index is 12.6. The van der Waals surface area contributed by atoms with E-state index in [2.05, 4.69) is 4.74 Å². The van der Waals surface area contributed by atoms with Crippen molar-refractivity contribution in [2.45, 2.75) is 25.6 Å². The van der Waals surface area contributed by atoms with E-state index < -0.39 is 30.0 Å². The third-order valence-corrected chi connectivity index (χ3v) is 3.50. The molecule has 1 aromatic carbocycles. The van der Waals surface area contributed by atoms with Gasteiger partial charge in [-0.3, -0.25) is 9.59 Å². The molecule has 0 fully saturated rings. The molecule has 0 saturated heterocycles. The second-order valence-corrected chi connectivity index (χ2v) is 5.29. The van der Waals surface area contributed by atoms with Gasteiger partial charge >= 0.3 is 18.1 Å². The van der Waals surface area contributed by atoms with E-state index >= 15 is 0 Å². The highest BCUT2D eigenvalue weighted by molar-refractivity contribution is 5.82. The molecule has 0 unspecified atom stereocenters. The zero-order valence-electron chi connectivity index (χ0n) is 14.1.